The van der Waals surface area contributed by atoms with Gasteiger partial charge in [0, 0.05) is 25.2 Å². The number of carbonyl (C=O) groups is 2. The number of aromatic nitrogens is 2. The van der Waals surface area contributed by atoms with Crippen molar-refractivity contribution in [1.82, 2.24) is 15.0 Å². The van der Waals surface area contributed by atoms with Crippen LogP contribution in [0.4, 0.5) is 0 Å². The number of fused-ring (bicyclic) bond motifs is 1. The molecule has 0 saturated carbocycles. The molecule has 2 unspecified atom stereocenters. The second-order valence-electron chi connectivity index (χ2n) is 9.64. The van der Waals surface area contributed by atoms with Crippen LogP contribution in [0.25, 0.3) is 22.2 Å². The van der Waals surface area contributed by atoms with E-state index in [9.17, 15) is 9.59 Å². The molecule has 0 bridgehead atoms. The van der Waals surface area contributed by atoms with Crippen LogP contribution in [0.1, 0.15) is 56.7 Å². The molecule has 2 heterocycles. The molecule has 1 aliphatic heterocycles. The van der Waals surface area contributed by atoms with Crippen LogP contribution in [0.3, 0.4) is 0 Å². The molecule has 3 aromatic carbocycles. The standard InChI is InChI=1S/C31H30N4O4/c1-3-20(2)39-25-11-8-22(9-12-25)21-4-6-23(7-5-21)27-19-29(35(34-27)30(36)14-15-31(37)38)24-10-13-26-28(18-24)33-17-16-32-26/h4-13,16-18,20,29H,3,14-15,19H2,1-2H3,(H,37,38). The number of carboxylic acid groups (broad SMARTS) is 1. The monoisotopic (exact) mass is 522 g/mol. The molecule has 5 rings (SSSR count). The second-order valence-corrected chi connectivity index (χ2v) is 9.64. The molecular weight excluding hydrogens is 492 g/mol. The zero-order valence-electron chi connectivity index (χ0n) is 21.9. The number of nitrogens with zero attached hydrogens (tertiary/aromatic N) is 4. The third-order valence-electron chi connectivity index (χ3n) is 6.91. The summed E-state index contributed by atoms with van der Waals surface area (Å²) >= 11 is 0. The average Bonchev–Trinajstić information content (AvgIpc) is 3.42. The van der Waals surface area contributed by atoms with Crippen LogP contribution in [0.15, 0.2) is 84.2 Å². The summed E-state index contributed by atoms with van der Waals surface area (Å²) < 4.78 is 5.88. The highest BCUT2D eigenvalue weighted by Crippen LogP contribution is 2.35. The van der Waals surface area contributed by atoms with Gasteiger partial charge in [-0.1, -0.05) is 49.4 Å². The van der Waals surface area contributed by atoms with Crippen molar-refractivity contribution in [2.75, 3.05) is 0 Å². The maximum atomic E-state index is 13.0. The SMILES string of the molecule is CCC(C)Oc1ccc(-c2ccc(C3=NN(C(=O)CCC(=O)O)C(c4ccc5nccnc5c4)C3)cc2)cc1. The Kier molecular flexibility index (Phi) is 7.63. The van der Waals surface area contributed by atoms with Crippen LogP contribution in [-0.2, 0) is 9.59 Å². The maximum absolute atomic E-state index is 13.0. The molecule has 8 heteroatoms. The Balaban J connectivity index is 1.39. The van der Waals surface area contributed by atoms with Gasteiger partial charge in [-0.3, -0.25) is 19.6 Å². The number of carbonyl (C=O) groups excluding carboxylic acids is 1. The van der Waals surface area contributed by atoms with Gasteiger partial charge in [-0.25, -0.2) is 5.01 Å². The van der Waals surface area contributed by atoms with E-state index in [2.05, 4.69) is 28.9 Å². The molecule has 8 nitrogen and oxygen atoms in total. The fraction of sp³-hybridized carbons (Fsp3) is 0.258. The summed E-state index contributed by atoms with van der Waals surface area (Å²) in [5, 5.41) is 15.2. The summed E-state index contributed by atoms with van der Waals surface area (Å²) in [6.07, 6.45) is 4.53. The largest absolute Gasteiger partial charge is 0.491 e. The van der Waals surface area contributed by atoms with Crippen molar-refractivity contribution in [2.45, 2.75) is 51.7 Å². The zero-order chi connectivity index (χ0) is 27.4. The molecule has 0 fully saturated rings. The Morgan fingerprint density at radius 2 is 1.56 bits per heavy atom. The van der Waals surface area contributed by atoms with Crippen LogP contribution in [0, 0.1) is 0 Å². The molecule has 198 valence electrons. The van der Waals surface area contributed by atoms with E-state index in [-0.39, 0.29) is 30.9 Å². The number of hydrazone groups is 1. The number of hydrogen-bond acceptors (Lipinski definition) is 6. The quantitative estimate of drug-likeness (QED) is 0.288. The first-order chi connectivity index (χ1) is 18.9. The number of carboxylic acids is 1. The van der Waals surface area contributed by atoms with Gasteiger partial charge in [0.25, 0.3) is 0 Å². The van der Waals surface area contributed by atoms with E-state index in [4.69, 9.17) is 9.84 Å². The lowest BCUT2D eigenvalue weighted by molar-refractivity contribution is -0.141. The minimum absolute atomic E-state index is 0.119. The number of ether oxygens (including phenoxy) is 1. The number of benzene rings is 3. The Morgan fingerprint density at radius 3 is 2.23 bits per heavy atom. The van der Waals surface area contributed by atoms with Gasteiger partial charge < -0.3 is 9.84 Å². The highest BCUT2D eigenvalue weighted by Gasteiger charge is 2.33. The first-order valence-corrected chi connectivity index (χ1v) is 13.1. The van der Waals surface area contributed by atoms with Crippen molar-refractivity contribution in [3.05, 3.63) is 90.3 Å². The minimum Gasteiger partial charge on any atom is -0.491 e. The van der Waals surface area contributed by atoms with E-state index in [0.29, 0.717) is 6.42 Å². The molecule has 0 aliphatic carbocycles. The van der Waals surface area contributed by atoms with Gasteiger partial charge in [-0.15, -0.1) is 0 Å². The van der Waals surface area contributed by atoms with Crippen LogP contribution in [0.5, 0.6) is 5.75 Å². The number of aliphatic carboxylic acids is 1. The molecule has 1 N–H and O–H groups in total. The molecule has 4 aromatic rings. The van der Waals surface area contributed by atoms with Crippen LogP contribution < -0.4 is 4.74 Å². The predicted molar refractivity (Wildman–Crippen MR) is 149 cm³/mol. The lowest BCUT2D eigenvalue weighted by Gasteiger charge is -2.22. The topological polar surface area (TPSA) is 105 Å². The van der Waals surface area contributed by atoms with Crippen molar-refractivity contribution in [2.24, 2.45) is 5.10 Å². The van der Waals surface area contributed by atoms with Gasteiger partial charge in [0.2, 0.25) is 5.91 Å². The third-order valence-corrected chi connectivity index (χ3v) is 6.91. The van der Waals surface area contributed by atoms with E-state index in [1.165, 1.54) is 5.01 Å². The average molecular weight is 523 g/mol. The summed E-state index contributed by atoms with van der Waals surface area (Å²) in [6, 6.07) is 21.5. The van der Waals surface area contributed by atoms with Crippen molar-refractivity contribution < 1.29 is 19.4 Å². The Labute approximate surface area is 227 Å². The molecule has 39 heavy (non-hydrogen) atoms. The van der Waals surface area contributed by atoms with Crippen molar-refractivity contribution in [3.8, 4) is 16.9 Å². The van der Waals surface area contributed by atoms with E-state index in [1.54, 1.807) is 12.4 Å². The minimum atomic E-state index is -1.01. The van der Waals surface area contributed by atoms with Crippen molar-refractivity contribution >= 4 is 28.6 Å². The number of rotatable bonds is 9. The molecule has 1 aromatic heterocycles. The summed E-state index contributed by atoms with van der Waals surface area (Å²) in [5.41, 5.74) is 6.19. The fourth-order valence-corrected chi connectivity index (χ4v) is 4.59. The van der Waals surface area contributed by atoms with E-state index < -0.39 is 5.97 Å². The summed E-state index contributed by atoms with van der Waals surface area (Å²) in [6.45, 7) is 4.15. The van der Waals surface area contributed by atoms with E-state index in [0.717, 1.165) is 51.2 Å². The van der Waals surface area contributed by atoms with Crippen LogP contribution in [-0.4, -0.2) is 43.8 Å². The normalized spacial score (nSPS) is 15.7. The van der Waals surface area contributed by atoms with Crippen LogP contribution in [0.2, 0.25) is 0 Å². The highest BCUT2D eigenvalue weighted by atomic mass is 16.5. The van der Waals surface area contributed by atoms with Crippen molar-refractivity contribution in [3.63, 3.8) is 0 Å². The fourth-order valence-electron chi connectivity index (χ4n) is 4.59. The zero-order valence-corrected chi connectivity index (χ0v) is 21.9. The second kappa shape index (κ2) is 11.4. The number of amides is 1. The Hall–Kier alpha value is -4.59. The number of hydrogen-bond donors (Lipinski definition) is 1. The van der Waals surface area contributed by atoms with Gasteiger partial charge in [-0.05, 0) is 59.9 Å². The lowest BCUT2D eigenvalue weighted by Crippen LogP contribution is -2.27. The molecule has 2 atom stereocenters. The summed E-state index contributed by atoms with van der Waals surface area (Å²) in [7, 11) is 0. The van der Waals surface area contributed by atoms with Crippen molar-refractivity contribution in [1.29, 1.82) is 0 Å². The summed E-state index contributed by atoms with van der Waals surface area (Å²) in [4.78, 5) is 32.9. The Bertz CT molecular complexity index is 1520. The smallest absolute Gasteiger partial charge is 0.303 e. The lowest BCUT2D eigenvalue weighted by atomic mass is 9.96. The molecule has 1 amide bonds. The molecule has 0 saturated heterocycles. The van der Waals surface area contributed by atoms with E-state index >= 15 is 0 Å². The maximum Gasteiger partial charge on any atom is 0.303 e. The first kappa shape index (κ1) is 26.0. The van der Waals surface area contributed by atoms with Gasteiger partial charge >= 0.3 is 5.97 Å². The first-order valence-electron chi connectivity index (χ1n) is 13.1. The third kappa shape index (κ3) is 5.95. The molecule has 0 spiro atoms. The van der Waals surface area contributed by atoms with Crippen LogP contribution >= 0.6 is 0 Å². The Morgan fingerprint density at radius 1 is 0.923 bits per heavy atom. The molecular formula is C31H30N4O4. The predicted octanol–water partition coefficient (Wildman–Crippen LogP) is 6.02. The molecule has 1 aliphatic rings. The van der Waals surface area contributed by atoms with Gasteiger partial charge in [0.1, 0.15) is 5.75 Å². The van der Waals surface area contributed by atoms with Gasteiger partial charge in [0.05, 0.1) is 35.3 Å². The van der Waals surface area contributed by atoms with Gasteiger partial charge in [-0.2, -0.15) is 5.10 Å². The summed E-state index contributed by atoms with van der Waals surface area (Å²) in [5.74, 6) is -0.490. The highest BCUT2D eigenvalue weighted by molar-refractivity contribution is 6.03. The van der Waals surface area contributed by atoms with Gasteiger partial charge in [0.15, 0.2) is 0 Å². The van der Waals surface area contributed by atoms with E-state index in [1.807, 2.05) is 66.7 Å². The molecule has 0 radical (unpaired) electrons.